The molecular weight excluding hydrogens is 160 g/mol. The summed E-state index contributed by atoms with van der Waals surface area (Å²) in [5.41, 5.74) is 0.252. The molecule has 0 bridgehead atoms. The Balaban J connectivity index is 2.47. The summed E-state index contributed by atoms with van der Waals surface area (Å²) in [6, 6.07) is 0. The van der Waals surface area contributed by atoms with Crippen LogP contribution in [0.25, 0.3) is 0 Å². The molecule has 4 nitrogen and oxygen atoms in total. The number of carboxylic acid groups (broad SMARTS) is 1. The Morgan fingerprint density at radius 2 is 2.08 bits per heavy atom. The second-order valence-electron chi connectivity index (χ2n) is 2.62. The molecule has 1 N–H and O–H groups in total. The lowest BCUT2D eigenvalue weighted by Gasteiger charge is -2.20. The van der Waals surface area contributed by atoms with Gasteiger partial charge in [-0.25, -0.2) is 4.79 Å². The number of rotatable bonds is 2. The fraction of sp³-hybridized carbons (Fsp3) is 0.625. The quantitative estimate of drug-likeness (QED) is 0.625. The summed E-state index contributed by atoms with van der Waals surface area (Å²) >= 11 is 0. The van der Waals surface area contributed by atoms with Crippen LogP contribution in [0.3, 0.4) is 0 Å². The average molecular weight is 172 g/mol. The van der Waals surface area contributed by atoms with E-state index in [-0.39, 0.29) is 5.57 Å². The van der Waals surface area contributed by atoms with E-state index in [0.29, 0.717) is 13.2 Å². The van der Waals surface area contributed by atoms with Crippen LogP contribution in [-0.4, -0.2) is 30.6 Å². The first kappa shape index (κ1) is 9.22. The fourth-order valence-corrected chi connectivity index (χ4v) is 0.878. The highest BCUT2D eigenvalue weighted by molar-refractivity contribution is 5.85. The average Bonchev–Trinajstić information content (AvgIpc) is 2.06. The molecule has 0 aromatic rings. The lowest BCUT2D eigenvalue weighted by atomic mass is 10.3. The number of ether oxygens (including phenoxy) is 2. The maximum absolute atomic E-state index is 10.4. The van der Waals surface area contributed by atoms with E-state index < -0.39 is 12.3 Å². The van der Waals surface area contributed by atoms with Gasteiger partial charge in [0.25, 0.3) is 0 Å². The number of carbonyl (C=O) groups is 1. The van der Waals surface area contributed by atoms with Gasteiger partial charge >= 0.3 is 5.97 Å². The van der Waals surface area contributed by atoms with Gasteiger partial charge in [-0.3, -0.25) is 0 Å². The van der Waals surface area contributed by atoms with E-state index in [0.717, 1.165) is 6.42 Å². The van der Waals surface area contributed by atoms with Crippen LogP contribution in [0.15, 0.2) is 11.6 Å². The SMILES string of the molecule is CC(=CC1OCCCO1)C(=O)O. The molecule has 0 aromatic heterocycles. The van der Waals surface area contributed by atoms with Crippen molar-refractivity contribution in [3.8, 4) is 0 Å². The van der Waals surface area contributed by atoms with Crippen molar-refractivity contribution in [1.82, 2.24) is 0 Å². The minimum absolute atomic E-state index is 0.252. The third-order valence-corrected chi connectivity index (χ3v) is 1.58. The monoisotopic (exact) mass is 172 g/mol. The summed E-state index contributed by atoms with van der Waals surface area (Å²) in [5, 5.41) is 8.53. The lowest BCUT2D eigenvalue weighted by molar-refractivity contribution is -0.151. The maximum atomic E-state index is 10.4. The minimum atomic E-state index is -0.937. The Bertz CT molecular complexity index is 191. The van der Waals surface area contributed by atoms with E-state index in [1.165, 1.54) is 13.0 Å². The molecule has 4 heteroatoms. The summed E-state index contributed by atoms with van der Waals surface area (Å²) in [6.45, 7) is 2.78. The molecule has 1 heterocycles. The van der Waals surface area contributed by atoms with Gasteiger partial charge in [-0.2, -0.15) is 0 Å². The smallest absolute Gasteiger partial charge is 0.331 e. The van der Waals surface area contributed by atoms with Crippen LogP contribution in [0.4, 0.5) is 0 Å². The minimum Gasteiger partial charge on any atom is -0.478 e. The third kappa shape index (κ3) is 2.64. The Morgan fingerprint density at radius 1 is 1.50 bits per heavy atom. The first-order chi connectivity index (χ1) is 5.70. The second-order valence-corrected chi connectivity index (χ2v) is 2.62. The molecule has 0 radical (unpaired) electrons. The summed E-state index contributed by atoms with van der Waals surface area (Å²) in [4.78, 5) is 10.4. The molecule has 0 saturated carbocycles. The Morgan fingerprint density at radius 3 is 2.58 bits per heavy atom. The van der Waals surface area contributed by atoms with Gasteiger partial charge in [0.05, 0.1) is 13.2 Å². The fourth-order valence-electron chi connectivity index (χ4n) is 0.878. The normalized spacial score (nSPS) is 20.9. The summed E-state index contributed by atoms with van der Waals surface area (Å²) in [7, 11) is 0. The number of carboxylic acids is 1. The molecule has 1 fully saturated rings. The zero-order valence-corrected chi connectivity index (χ0v) is 6.95. The van der Waals surface area contributed by atoms with E-state index in [1.807, 2.05) is 0 Å². The Labute approximate surface area is 70.8 Å². The maximum Gasteiger partial charge on any atom is 0.331 e. The second kappa shape index (κ2) is 4.23. The van der Waals surface area contributed by atoms with Crippen LogP contribution in [0, 0.1) is 0 Å². The van der Waals surface area contributed by atoms with Gasteiger partial charge in [0.1, 0.15) is 0 Å². The van der Waals surface area contributed by atoms with Gasteiger partial charge in [0.15, 0.2) is 6.29 Å². The molecule has 0 amide bonds. The van der Waals surface area contributed by atoms with Crippen molar-refractivity contribution in [2.75, 3.05) is 13.2 Å². The molecule has 68 valence electrons. The van der Waals surface area contributed by atoms with Gasteiger partial charge in [0, 0.05) is 5.57 Å². The van der Waals surface area contributed by atoms with Crippen LogP contribution in [0.5, 0.6) is 0 Å². The first-order valence-corrected chi connectivity index (χ1v) is 3.85. The molecule has 1 saturated heterocycles. The zero-order chi connectivity index (χ0) is 8.97. The zero-order valence-electron chi connectivity index (χ0n) is 6.95. The van der Waals surface area contributed by atoms with Crippen LogP contribution in [-0.2, 0) is 14.3 Å². The van der Waals surface area contributed by atoms with Gasteiger partial charge in [0.2, 0.25) is 0 Å². The topological polar surface area (TPSA) is 55.8 Å². The van der Waals surface area contributed by atoms with E-state index in [2.05, 4.69) is 0 Å². The van der Waals surface area contributed by atoms with Crippen molar-refractivity contribution in [3.63, 3.8) is 0 Å². The van der Waals surface area contributed by atoms with Gasteiger partial charge < -0.3 is 14.6 Å². The van der Waals surface area contributed by atoms with Gasteiger partial charge in [-0.05, 0) is 19.4 Å². The van der Waals surface area contributed by atoms with Crippen LogP contribution >= 0.6 is 0 Å². The predicted octanol–water partition coefficient (Wildman–Crippen LogP) is 0.780. The molecule has 0 atom stereocenters. The van der Waals surface area contributed by atoms with E-state index >= 15 is 0 Å². The van der Waals surface area contributed by atoms with E-state index in [1.54, 1.807) is 0 Å². The van der Waals surface area contributed by atoms with E-state index in [4.69, 9.17) is 14.6 Å². The predicted molar refractivity (Wildman–Crippen MR) is 41.7 cm³/mol. The highest BCUT2D eigenvalue weighted by atomic mass is 16.7. The van der Waals surface area contributed by atoms with Crippen molar-refractivity contribution >= 4 is 5.97 Å². The van der Waals surface area contributed by atoms with Gasteiger partial charge in [-0.15, -0.1) is 0 Å². The van der Waals surface area contributed by atoms with Crippen LogP contribution in [0.2, 0.25) is 0 Å². The standard InChI is InChI=1S/C8H12O4/c1-6(8(9)10)5-7-11-3-2-4-12-7/h5,7H,2-4H2,1H3,(H,9,10). The summed E-state index contributed by atoms with van der Waals surface area (Å²) in [6.07, 6.45) is 1.87. The molecule has 1 aliphatic heterocycles. The number of hydrogen-bond donors (Lipinski definition) is 1. The third-order valence-electron chi connectivity index (χ3n) is 1.58. The van der Waals surface area contributed by atoms with Crippen molar-refractivity contribution in [2.24, 2.45) is 0 Å². The molecule has 0 aliphatic carbocycles. The summed E-state index contributed by atoms with van der Waals surface area (Å²) < 4.78 is 10.3. The molecular formula is C8H12O4. The highest BCUT2D eigenvalue weighted by Gasteiger charge is 2.12. The molecule has 12 heavy (non-hydrogen) atoms. The Hall–Kier alpha value is -0.870. The van der Waals surface area contributed by atoms with E-state index in [9.17, 15) is 4.79 Å². The molecule has 0 aromatic carbocycles. The van der Waals surface area contributed by atoms with Crippen molar-refractivity contribution in [1.29, 1.82) is 0 Å². The Kier molecular flexibility index (Phi) is 3.25. The van der Waals surface area contributed by atoms with Crippen LogP contribution < -0.4 is 0 Å². The summed E-state index contributed by atoms with van der Waals surface area (Å²) in [5.74, 6) is -0.937. The van der Waals surface area contributed by atoms with Crippen molar-refractivity contribution in [2.45, 2.75) is 19.6 Å². The number of aliphatic carboxylic acids is 1. The van der Waals surface area contributed by atoms with Gasteiger partial charge in [-0.1, -0.05) is 0 Å². The molecule has 1 aliphatic rings. The highest BCUT2D eigenvalue weighted by Crippen LogP contribution is 2.08. The van der Waals surface area contributed by atoms with Crippen molar-refractivity contribution in [3.05, 3.63) is 11.6 Å². The molecule has 0 spiro atoms. The first-order valence-electron chi connectivity index (χ1n) is 3.85. The lowest BCUT2D eigenvalue weighted by Crippen LogP contribution is -2.23. The number of hydrogen-bond acceptors (Lipinski definition) is 3. The van der Waals surface area contributed by atoms with Crippen LogP contribution in [0.1, 0.15) is 13.3 Å². The molecule has 0 unspecified atom stereocenters. The van der Waals surface area contributed by atoms with Crippen molar-refractivity contribution < 1.29 is 19.4 Å². The largest absolute Gasteiger partial charge is 0.478 e. The molecule has 1 rings (SSSR count).